The number of pyridine rings is 1. The van der Waals surface area contributed by atoms with Crippen LogP contribution in [0.1, 0.15) is 43.4 Å². The van der Waals surface area contributed by atoms with Crippen molar-refractivity contribution in [3.05, 3.63) is 45.2 Å². The van der Waals surface area contributed by atoms with Crippen LogP contribution in [0.4, 0.5) is 0 Å². The minimum Gasteiger partial charge on any atom is -0.356 e. The quantitative estimate of drug-likeness (QED) is 0.860. The van der Waals surface area contributed by atoms with Gasteiger partial charge >= 0.3 is 0 Å². The number of carbonyl (C=O) groups is 1. The standard InChI is InChI=1S/C19H26N2O2/c1-12(2)7-8-20-17(22)6-5-15-11-16-10-13(3)9-14(4)18(16)21-19(15)23/h9-12H,5-8H2,1-4H3,(H,20,22)(H,21,23). The van der Waals surface area contributed by atoms with Crippen molar-refractivity contribution in [1.82, 2.24) is 10.3 Å². The highest BCUT2D eigenvalue weighted by Gasteiger charge is 2.08. The molecule has 0 unspecified atom stereocenters. The molecule has 0 spiro atoms. The Bertz CT molecular complexity index is 760. The van der Waals surface area contributed by atoms with Gasteiger partial charge in [-0.2, -0.15) is 0 Å². The van der Waals surface area contributed by atoms with Crippen molar-refractivity contribution in [2.75, 3.05) is 6.54 Å². The molecule has 23 heavy (non-hydrogen) atoms. The van der Waals surface area contributed by atoms with Crippen LogP contribution in [0.2, 0.25) is 0 Å². The van der Waals surface area contributed by atoms with Crippen LogP contribution < -0.4 is 10.9 Å². The van der Waals surface area contributed by atoms with Crippen LogP contribution in [0.5, 0.6) is 0 Å². The first kappa shape index (κ1) is 17.3. The number of aromatic nitrogens is 1. The Kier molecular flexibility index (Phi) is 5.59. The average molecular weight is 314 g/mol. The van der Waals surface area contributed by atoms with E-state index in [0.29, 0.717) is 30.9 Å². The van der Waals surface area contributed by atoms with Gasteiger partial charge in [-0.05, 0) is 55.7 Å². The topological polar surface area (TPSA) is 62.0 Å². The highest BCUT2D eigenvalue weighted by molar-refractivity contribution is 5.83. The predicted molar refractivity (Wildman–Crippen MR) is 94.8 cm³/mol. The largest absolute Gasteiger partial charge is 0.356 e. The van der Waals surface area contributed by atoms with Crippen LogP contribution >= 0.6 is 0 Å². The molecular formula is C19H26N2O2. The van der Waals surface area contributed by atoms with Gasteiger partial charge in [0, 0.05) is 18.5 Å². The Morgan fingerprint density at radius 3 is 2.65 bits per heavy atom. The van der Waals surface area contributed by atoms with Gasteiger partial charge in [-0.25, -0.2) is 0 Å². The van der Waals surface area contributed by atoms with Crippen molar-refractivity contribution >= 4 is 16.8 Å². The van der Waals surface area contributed by atoms with Crippen LogP contribution in [0.15, 0.2) is 23.0 Å². The molecule has 0 saturated heterocycles. The van der Waals surface area contributed by atoms with E-state index in [9.17, 15) is 9.59 Å². The fourth-order valence-electron chi connectivity index (χ4n) is 2.75. The zero-order valence-corrected chi connectivity index (χ0v) is 14.5. The molecule has 4 heteroatoms. The number of amides is 1. The average Bonchev–Trinajstić information content (AvgIpc) is 2.45. The molecule has 0 aliphatic heterocycles. The van der Waals surface area contributed by atoms with E-state index < -0.39 is 0 Å². The molecule has 2 rings (SSSR count). The van der Waals surface area contributed by atoms with E-state index in [1.54, 1.807) is 0 Å². The summed E-state index contributed by atoms with van der Waals surface area (Å²) in [5.41, 5.74) is 3.68. The number of carbonyl (C=O) groups excluding carboxylic acids is 1. The van der Waals surface area contributed by atoms with Crippen LogP contribution in [0.25, 0.3) is 10.9 Å². The number of fused-ring (bicyclic) bond motifs is 1. The molecule has 0 fully saturated rings. The maximum Gasteiger partial charge on any atom is 0.251 e. The van der Waals surface area contributed by atoms with Crippen molar-refractivity contribution in [3.63, 3.8) is 0 Å². The summed E-state index contributed by atoms with van der Waals surface area (Å²) in [6, 6.07) is 6.03. The fourth-order valence-corrected chi connectivity index (χ4v) is 2.75. The molecule has 0 aliphatic rings. The second-order valence-corrected chi connectivity index (χ2v) is 6.70. The SMILES string of the molecule is Cc1cc(C)c2[nH]c(=O)c(CCC(=O)NCCC(C)C)cc2c1. The van der Waals surface area contributed by atoms with E-state index in [4.69, 9.17) is 0 Å². The van der Waals surface area contributed by atoms with Gasteiger partial charge in [-0.15, -0.1) is 0 Å². The Balaban J connectivity index is 2.07. The molecule has 0 aliphatic carbocycles. The van der Waals surface area contributed by atoms with Crippen molar-refractivity contribution in [2.24, 2.45) is 5.92 Å². The molecule has 1 heterocycles. The van der Waals surface area contributed by atoms with Gasteiger partial charge in [0.1, 0.15) is 0 Å². The number of rotatable bonds is 6. The maximum atomic E-state index is 12.2. The Morgan fingerprint density at radius 2 is 1.96 bits per heavy atom. The normalized spacial score (nSPS) is 11.2. The van der Waals surface area contributed by atoms with E-state index in [0.717, 1.165) is 22.9 Å². The molecular weight excluding hydrogens is 288 g/mol. The lowest BCUT2D eigenvalue weighted by atomic mass is 10.0. The molecule has 0 bridgehead atoms. The van der Waals surface area contributed by atoms with Gasteiger partial charge in [0.2, 0.25) is 5.91 Å². The van der Waals surface area contributed by atoms with Gasteiger partial charge in [0.05, 0.1) is 5.52 Å². The molecule has 4 nitrogen and oxygen atoms in total. The van der Waals surface area contributed by atoms with Crippen LogP contribution in [-0.4, -0.2) is 17.4 Å². The van der Waals surface area contributed by atoms with Crippen LogP contribution in [0, 0.1) is 19.8 Å². The van der Waals surface area contributed by atoms with E-state index in [1.807, 2.05) is 19.9 Å². The third-order valence-electron chi connectivity index (χ3n) is 4.04. The lowest BCUT2D eigenvalue weighted by molar-refractivity contribution is -0.121. The molecule has 1 aromatic carbocycles. The van der Waals surface area contributed by atoms with Gasteiger partial charge in [-0.1, -0.05) is 25.5 Å². The van der Waals surface area contributed by atoms with Crippen LogP contribution in [-0.2, 0) is 11.2 Å². The van der Waals surface area contributed by atoms with E-state index in [2.05, 4.69) is 36.3 Å². The molecule has 0 saturated carbocycles. The van der Waals surface area contributed by atoms with Gasteiger partial charge < -0.3 is 10.3 Å². The Labute approximate surface area is 137 Å². The number of hydrogen-bond donors (Lipinski definition) is 2. The molecule has 0 atom stereocenters. The second kappa shape index (κ2) is 7.44. The van der Waals surface area contributed by atoms with E-state index >= 15 is 0 Å². The summed E-state index contributed by atoms with van der Waals surface area (Å²) in [5.74, 6) is 0.579. The number of benzene rings is 1. The zero-order valence-electron chi connectivity index (χ0n) is 14.5. The Hall–Kier alpha value is -2.10. The first-order valence-electron chi connectivity index (χ1n) is 8.26. The predicted octanol–water partition coefficient (Wildman–Crippen LogP) is 3.24. The number of aryl methyl sites for hydroxylation is 3. The first-order chi connectivity index (χ1) is 10.9. The molecule has 1 aromatic heterocycles. The summed E-state index contributed by atoms with van der Waals surface area (Å²) in [5, 5.41) is 3.93. The number of nitrogens with one attached hydrogen (secondary N) is 2. The highest BCUT2D eigenvalue weighted by Crippen LogP contribution is 2.18. The van der Waals surface area contributed by atoms with Gasteiger partial charge in [-0.3, -0.25) is 9.59 Å². The second-order valence-electron chi connectivity index (χ2n) is 6.70. The fraction of sp³-hybridized carbons (Fsp3) is 0.474. The molecule has 2 N–H and O–H groups in total. The van der Waals surface area contributed by atoms with Gasteiger partial charge in [0.15, 0.2) is 0 Å². The summed E-state index contributed by atoms with van der Waals surface area (Å²) in [6.45, 7) is 8.99. The zero-order chi connectivity index (χ0) is 17.0. The van der Waals surface area contributed by atoms with Gasteiger partial charge in [0.25, 0.3) is 5.56 Å². The smallest absolute Gasteiger partial charge is 0.251 e. The number of aromatic amines is 1. The van der Waals surface area contributed by atoms with Crippen molar-refractivity contribution in [2.45, 2.75) is 47.0 Å². The van der Waals surface area contributed by atoms with Crippen molar-refractivity contribution < 1.29 is 4.79 Å². The van der Waals surface area contributed by atoms with E-state index in [-0.39, 0.29) is 11.5 Å². The molecule has 0 radical (unpaired) electrons. The lowest BCUT2D eigenvalue weighted by Crippen LogP contribution is -2.26. The summed E-state index contributed by atoms with van der Waals surface area (Å²) in [6.07, 6.45) is 1.78. The summed E-state index contributed by atoms with van der Waals surface area (Å²) < 4.78 is 0. The maximum absolute atomic E-state index is 12.2. The lowest BCUT2D eigenvalue weighted by Gasteiger charge is -2.08. The number of H-pyrrole nitrogens is 1. The van der Waals surface area contributed by atoms with E-state index in [1.165, 1.54) is 5.56 Å². The van der Waals surface area contributed by atoms with Crippen LogP contribution in [0.3, 0.4) is 0 Å². The highest BCUT2D eigenvalue weighted by atomic mass is 16.1. The molecule has 1 amide bonds. The monoisotopic (exact) mass is 314 g/mol. The minimum absolute atomic E-state index is 0.00516. The summed E-state index contributed by atoms with van der Waals surface area (Å²) in [4.78, 5) is 27.0. The Morgan fingerprint density at radius 1 is 1.22 bits per heavy atom. The summed E-state index contributed by atoms with van der Waals surface area (Å²) >= 11 is 0. The van der Waals surface area contributed by atoms with Crippen molar-refractivity contribution in [1.29, 1.82) is 0 Å². The minimum atomic E-state index is -0.0977. The number of hydrogen-bond acceptors (Lipinski definition) is 2. The summed E-state index contributed by atoms with van der Waals surface area (Å²) in [7, 11) is 0. The molecule has 124 valence electrons. The van der Waals surface area contributed by atoms with Crippen molar-refractivity contribution in [3.8, 4) is 0 Å². The first-order valence-corrected chi connectivity index (χ1v) is 8.26. The third kappa shape index (κ3) is 4.68. The molecule has 2 aromatic rings. The third-order valence-corrected chi connectivity index (χ3v) is 4.04.